The Morgan fingerprint density at radius 3 is 3.14 bits per heavy atom. The van der Waals surface area contributed by atoms with Gasteiger partial charge in [-0.05, 0) is 40.4 Å². The molecule has 1 aliphatic rings. The molecule has 3 heteroatoms. The summed E-state index contributed by atoms with van der Waals surface area (Å²) in [4.78, 5) is 6.78. The van der Waals surface area contributed by atoms with Crippen LogP contribution in [-0.2, 0) is 0 Å². The van der Waals surface area contributed by atoms with E-state index in [2.05, 4.69) is 38.8 Å². The molecule has 1 fully saturated rings. The molecule has 0 saturated carbocycles. The van der Waals surface area contributed by atoms with Crippen LogP contribution in [0.3, 0.4) is 0 Å². The molecule has 76 valence electrons. The number of nitrogens with zero attached hydrogens (tertiary/aromatic N) is 2. The highest BCUT2D eigenvalue weighted by Crippen LogP contribution is 2.29. The lowest BCUT2D eigenvalue weighted by Crippen LogP contribution is -2.20. The number of anilines is 1. The summed E-state index contributed by atoms with van der Waals surface area (Å²) in [5, 5.41) is 0. The summed E-state index contributed by atoms with van der Waals surface area (Å²) < 4.78 is 1.11. The molecular formula is C11H15BrN2. The van der Waals surface area contributed by atoms with Crippen molar-refractivity contribution in [1.29, 1.82) is 0 Å². The third kappa shape index (κ3) is 1.92. The Morgan fingerprint density at radius 1 is 1.64 bits per heavy atom. The number of rotatable bonds is 2. The molecule has 1 atom stereocenters. The van der Waals surface area contributed by atoms with E-state index < -0.39 is 0 Å². The van der Waals surface area contributed by atoms with Crippen LogP contribution in [0, 0.1) is 5.92 Å². The minimum absolute atomic E-state index is 0.851. The second kappa shape index (κ2) is 4.30. The van der Waals surface area contributed by atoms with Crippen LogP contribution < -0.4 is 4.90 Å². The van der Waals surface area contributed by atoms with Crippen LogP contribution in [0.25, 0.3) is 0 Å². The third-order valence-electron chi connectivity index (χ3n) is 2.90. The SMILES string of the molecule is CCC1CCN(c2ncccc2Br)C1. The van der Waals surface area contributed by atoms with Crippen LogP contribution in [0.2, 0.25) is 0 Å². The van der Waals surface area contributed by atoms with E-state index in [0.29, 0.717) is 0 Å². The van der Waals surface area contributed by atoms with Gasteiger partial charge in [-0.1, -0.05) is 13.3 Å². The van der Waals surface area contributed by atoms with Gasteiger partial charge in [0.1, 0.15) is 5.82 Å². The van der Waals surface area contributed by atoms with Gasteiger partial charge in [0.25, 0.3) is 0 Å². The lowest BCUT2D eigenvalue weighted by molar-refractivity contribution is 0.568. The largest absolute Gasteiger partial charge is 0.355 e. The highest BCUT2D eigenvalue weighted by Gasteiger charge is 2.22. The van der Waals surface area contributed by atoms with E-state index in [1.165, 1.54) is 12.8 Å². The molecule has 2 heterocycles. The second-order valence-electron chi connectivity index (χ2n) is 3.82. The standard InChI is InChI=1S/C11H15BrN2/c1-2-9-5-7-14(8-9)11-10(12)4-3-6-13-11/h3-4,6,9H,2,5,7-8H2,1H3. The van der Waals surface area contributed by atoms with Gasteiger partial charge in [0.15, 0.2) is 0 Å². The number of hydrogen-bond acceptors (Lipinski definition) is 2. The van der Waals surface area contributed by atoms with Gasteiger partial charge in [-0.25, -0.2) is 4.98 Å². The lowest BCUT2D eigenvalue weighted by atomic mass is 10.1. The van der Waals surface area contributed by atoms with Gasteiger partial charge >= 0.3 is 0 Å². The number of pyridine rings is 1. The van der Waals surface area contributed by atoms with Crippen LogP contribution in [0.5, 0.6) is 0 Å². The van der Waals surface area contributed by atoms with Gasteiger partial charge in [-0.15, -0.1) is 0 Å². The summed E-state index contributed by atoms with van der Waals surface area (Å²) in [6.07, 6.45) is 4.44. The smallest absolute Gasteiger partial charge is 0.142 e. The van der Waals surface area contributed by atoms with Crippen LogP contribution in [0.1, 0.15) is 19.8 Å². The Labute approximate surface area is 93.5 Å². The average molecular weight is 255 g/mol. The second-order valence-corrected chi connectivity index (χ2v) is 4.67. The normalized spacial score (nSPS) is 21.6. The Kier molecular flexibility index (Phi) is 3.06. The molecule has 1 aliphatic heterocycles. The zero-order valence-electron chi connectivity index (χ0n) is 8.41. The molecular weight excluding hydrogens is 240 g/mol. The van der Waals surface area contributed by atoms with Crippen LogP contribution >= 0.6 is 15.9 Å². The highest BCUT2D eigenvalue weighted by molar-refractivity contribution is 9.10. The molecule has 2 rings (SSSR count). The molecule has 0 bridgehead atoms. The molecule has 1 aromatic heterocycles. The van der Waals surface area contributed by atoms with E-state index in [0.717, 1.165) is 29.3 Å². The molecule has 0 aromatic carbocycles. The maximum atomic E-state index is 4.41. The Morgan fingerprint density at radius 2 is 2.50 bits per heavy atom. The van der Waals surface area contributed by atoms with Gasteiger partial charge in [0.05, 0.1) is 4.47 Å². The van der Waals surface area contributed by atoms with E-state index in [9.17, 15) is 0 Å². The first-order valence-corrected chi connectivity index (χ1v) is 5.96. The first-order valence-electron chi connectivity index (χ1n) is 5.16. The number of hydrogen-bond donors (Lipinski definition) is 0. The molecule has 0 amide bonds. The zero-order chi connectivity index (χ0) is 9.97. The lowest BCUT2D eigenvalue weighted by Gasteiger charge is -2.18. The van der Waals surface area contributed by atoms with Gasteiger partial charge in [0, 0.05) is 19.3 Å². The molecule has 1 saturated heterocycles. The number of aromatic nitrogens is 1. The maximum absolute atomic E-state index is 4.41. The minimum Gasteiger partial charge on any atom is -0.355 e. The molecule has 14 heavy (non-hydrogen) atoms. The number of halogens is 1. The van der Waals surface area contributed by atoms with Crippen LogP contribution in [-0.4, -0.2) is 18.1 Å². The molecule has 0 N–H and O–H groups in total. The van der Waals surface area contributed by atoms with E-state index in [1.807, 2.05) is 12.3 Å². The van der Waals surface area contributed by atoms with Crippen LogP contribution in [0.15, 0.2) is 22.8 Å². The first-order chi connectivity index (χ1) is 6.81. The van der Waals surface area contributed by atoms with Gasteiger partial charge in [-0.3, -0.25) is 0 Å². The molecule has 1 unspecified atom stereocenters. The summed E-state index contributed by atoms with van der Waals surface area (Å²) in [7, 11) is 0. The average Bonchev–Trinajstić information content (AvgIpc) is 2.67. The molecule has 0 aliphatic carbocycles. The summed E-state index contributed by atoms with van der Waals surface area (Å²) in [6, 6.07) is 4.02. The van der Waals surface area contributed by atoms with E-state index in [4.69, 9.17) is 0 Å². The minimum atomic E-state index is 0.851. The van der Waals surface area contributed by atoms with Crippen molar-refractivity contribution in [3.05, 3.63) is 22.8 Å². The topological polar surface area (TPSA) is 16.1 Å². The predicted molar refractivity (Wildman–Crippen MR) is 62.5 cm³/mol. The molecule has 1 aromatic rings. The summed E-state index contributed by atoms with van der Waals surface area (Å²) in [6.45, 7) is 4.57. The van der Waals surface area contributed by atoms with Crippen molar-refractivity contribution in [1.82, 2.24) is 4.98 Å². The summed E-state index contributed by atoms with van der Waals surface area (Å²) in [5.41, 5.74) is 0. The van der Waals surface area contributed by atoms with Crippen molar-refractivity contribution in [3.8, 4) is 0 Å². The quantitative estimate of drug-likeness (QED) is 0.807. The van der Waals surface area contributed by atoms with Gasteiger partial charge in [0.2, 0.25) is 0 Å². The Bertz CT molecular complexity index is 314. The van der Waals surface area contributed by atoms with E-state index in [-0.39, 0.29) is 0 Å². The van der Waals surface area contributed by atoms with Crippen molar-refractivity contribution in [2.75, 3.05) is 18.0 Å². The first kappa shape index (κ1) is 9.97. The van der Waals surface area contributed by atoms with E-state index in [1.54, 1.807) is 0 Å². The predicted octanol–water partition coefficient (Wildman–Crippen LogP) is 3.08. The van der Waals surface area contributed by atoms with Gasteiger partial charge < -0.3 is 4.90 Å². The maximum Gasteiger partial charge on any atom is 0.142 e. The Balaban J connectivity index is 2.13. The van der Waals surface area contributed by atoms with Crippen molar-refractivity contribution in [3.63, 3.8) is 0 Å². The summed E-state index contributed by atoms with van der Waals surface area (Å²) >= 11 is 3.54. The fraction of sp³-hybridized carbons (Fsp3) is 0.545. The van der Waals surface area contributed by atoms with E-state index >= 15 is 0 Å². The monoisotopic (exact) mass is 254 g/mol. The van der Waals surface area contributed by atoms with Crippen molar-refractivity contribution >= 4 is 21.7 Å². The summed E-state index contributed by atoms with van der Waals surface area (Å²) in [5.74, 6) is 1.95. The Hall–Kier alpha value is -0.570. The zero-order valence-corrected chi connectivity index (χ0v) is 10.00. The fourth-order valence-electron chi connectivity index (χ4n) is 1.97. The third-order valence-corrected chi connectivity index (χ3v) is 3.52. The highest BCUT2D eigenvalue weighted by atomic mass is 79.9. The van der Waals surface area contributed by atoms with Crippen molar-refractivity contribution in [2.24, 2.45) is 5.92 Å². The fourth-order valence-corrected chi connectivity index (χ4v) is 2.47. The van der Waals surface area contributed by atoms with Crippen molar-refractivity contribution < 1.29 is 0 Å². The van der Waals surface area contributed by atoms with Gasteiger partial charge in [-0.2, -0.15) is 0 Å². The molecule has 0 spiro atoms. The molecule has 0 radical (unpaired) electrons. The van der Waals surface area contributed by atoms with Crippen LogP contribution in [0.4, 0.5) is 5.82 Å². The molecule has 2 nitrogen and oxygen atoms in total. The van der Waals surface area contributed by atoms with Crippen molar-refractivity contribution in [2.45, 2.75) is 19.8 Å².